The van der Waals surface area contributed by atoms with Gasteiger partial charge in [-0.2, -0.15) is 0 Å². The van der Waals surface area contributed by atoms with Gasteiger partial charge >= 0.3 is 0 Å². The highest BCUT2D eigenvalue weighted by atomic mass is 16.1. The lowest BCUT2D eigenvalue weighted by molar-refractivity contribution is -0.124. The monoisotopic (exact) mass is 219 g/mol. The molecule has 0 spiro atoms. The van der Waals surface area contributed by atoms with Gasteiger partial charge in [-0.3, -0.25) is 9.59 Å². The van der Waals surface area contributed by atoms with E-state index in [1.807, 2.05) is 26.0 Å². The number of nitrogens with one attached hydrogen (secondary N) is 1. The van der Waals surface area contributed by atoms with Gasteiger partial charge in [0, 0.05) is 18.0 Å². The summed E-state index contributed by atoms with van der Waals surface area (Å²) in [5.41, 5.74) is 1.69. The molecule has 1 N–H and O–H groups in total. The SMILES string of the molecule is CC(=O)c1ccc(CNC(=O)C(C)C)cc1. The zero-order chi connectivity index (χ0) is 12.1. The topological polar surface area (TPSA) is 46.2 Å². The van der Waals surface area contributed by atoms with Crippen LogP contribution in [0.5, 0.6) is 0 Å². The highest BCUT2D eigenvalue weighted by Crippen LogP contribution is 2.05. The Morgan fingerprint density at radius 1 is 1.19 bits per heavy atom. The summed E-state index contributed by atoms with van der Waals surface area (Å²) < 4.78 is 0. The zero-order valence-corrected chi connectivity index (χ0v) is 9.91. The molecule has 16 heavy (non-hydrogen) atoms. The molecule has 0 atom stereocenters. The fourth-order valence-corrected chi connectivity index (χ4v) is 1.25. The summed E-state index contributed by atoms with van der Waals surface area (Å²) in [6.45, 7) is 5.76. The number of benzene rings is 1. The summed E-state index contributed by atoms with van der Waals surface area (Å²) in [5.74, 6) is 0.0879. The summed E-state index contributed by atoms with van der Waals surface area (Å²) in [5, 5.41) is 2.82. The molecule has 0 bridgehead atoms. The summed E-state index contributed by atoms with van der Waals surface area (Å²) >= 11 is 0. The molecule has 0 heterocycles. The fourth-order valence-electron chi connectivity index (χ4n) is 1.25. The van der Waals surface area contributed by atoms with Crippen molar-refractivity contribution in [2.45, 2.75) is 27.3 Å². The smallest absolute Gasteiger partial charge is 0.222 e. The number of amides is 1. The lowest BCUT2D eigenvalue weighted by Crippen LogP contribution is -2.27. The van der Waals surface area contributed by atoms with Crippen molar-refractivity contribution in [2.75, 3.05) is 0 Å². The van der Waals surface area contributed by atoms with Crippen molar-refractivity contribution in [1.82, 2.24) is 5.32 Å². The number of carbonyl (C=O) groups excluding carboxylic acids is 2. The third kappa shape index (κ3) is 3.50. The third-order valence-corrected chi connectivity index (χ3v) is 2.35. The van der Waals surface area contributed by atoms with Crippen LogP contribution in [-0.2, 0) is 11.3 Å². The van der Waals surface area contributed by atoms with Crippen LogP contribution >= 0.6 is 0 Å². The summed E-state index contributed by atoms with van der Waals surface area (Å²) in [4.78, 5) is 22.4. The van der Waals surface area contributed by atoms with Crippen LogP contribution in [-0.4, -0.2) is 11.7 Å². The van der Waals surface area contributed by atoms with Crippen LogP contribution < -0.4 is 5.32 Å². The first-order valence-corrected chi connectivity index (χ1v) is 5.38. The molecule has 0 aromatic heterocycles. The highest BCUT2D eigenvalue weighted by Gasteiger charge is 2.05. The first-order valence-electron chi connectivity index (χ1n) is 5.38. The van der Waals surface area contributed by atoms with Gasteiger partial charge in [-0.25, -0.2) is 0 Å². The van der Waals surface area contributed by atoms with Gasteiger partial charge in [-0.1, -0.05) is 38.1 Å². The molecular formula is C13H17NO2. The van der Waals surface area contributed by atoms with Crippen LogP contribution in [0.3, 0.4) is 0 Å². The van der Waals surface area contributed by atoms with Crippen molar-refractivity contribution < 1.29 is 9.59 Å². The maximum atomic E-state index is 11.3. The van der Waals surface area contributed by atoms with Crippen LogP contribution in [0.1, 0.15) is 36.7 Å². The van der Waals surface area contributed by atoms with E-state index in [0.29, 0.717) is 12.1 Å². The molecule has 0 unspecified atom stereocenters. The summed E-state index contributed by atoms with van der Waals surface area (Å²) in [6, 6.07) is 7.27. The van der Waals surface area contributed by atoms with Gasteiger partial charge in [-0.05, 0) is 12.5 Å². The van der Waals surface area contributed by atoms with E-state index in [1.54, 1.807) is 12.1 Å². The van der Waals surface area contributed by atoms with Gasteiger partial charge in [0.25, 0.3) is 0 Å². The Kier molecular flexibility index (Phi) is 4.23. The van der Waals surface area contributed by atoms with Crippen LogP contribution in [0.25, 0.3) is 0 Å². The maximum Gasteiger partial charge on any atom is 0.222 e. The number of hydrogen-bond acceptors (Lipinski definition) is 2. The number of ketones is 1. The molecule has 0 saturated heterocycles. The molecule has 1 rings (SSSR count). The molecule has 0 fully saturated rings. The molecule has 86 valence electrons. The molecule has 0 radical (unpaired) electrons. The normalized spacial score (nSPS) is 10.2. The second-order valence-corrected chi connectivity index (χ2v) is 4.13. The average molecular weight is 219 g/mol. The second-order valence-electron chi connectivity index (χ2n) is 4.13. The Bertz CT molecular complexity index is 379. The van der Waals surface area contributed by atoms with Gasteiger partial charge in [-0.15, -0.1) is 0 Å². The molecular weight excluding hydrogens is 202 g/mol. The van der Waals surface area contributed by atoms with E-state index in [2.05, 4.69) is 5.32 Å². The van der Waals surface area contributed by atoms with Gasteiger partial charge in [0.2, 0.25) is 5.91 Å². The van der Waals surface area contributed by atoms with Gasteiger partial charge < -0.3 is 5.32 Å². The quantitative estimate of drug-likeness (QED) is 0.789. The number of rotatable bonds is 4. The maximum absolute atomic E-state index is 11.3. The van der Waals surface area contributed by atoms with Gasteiger partial charge in [0.1, 0.15) is 0 Å². The molecule has 1 aromatic carbocycles. The minimum absolute atomic E-state index is 0.00325. The predicted octanol–water partition coefficient (Wildman–Crippen LogP) is 2.16. The van der Waals surface area contributed by atoms with E-state index in [-0.39, 0.29) is 17.6 Å². The van der Waals surface area contributed by atoms with Gasteiger partial charge in [0.05, 0.1) is 0 Å². The predicted molar refractivity (Wildman–Crippen MR) is 63.1 cm³/mol. The minimum atomic E-state index is -0.00325. The van der Waals surface area contributed by atoms with Crippen molar-refractivity contribution in [3.05, 3.63) is 35.4 Å². The third-order valence-electron chi connectivity index (χ3n) is 2.35. The number of carbonyl (C=O) groups is 2. The lowest BCUT2D eigenvalue weighted by Gasteiger charge is -2.07. The first-order chi connectivity index (χ1) is 7.50. The van der Waals surface area contributed by atoms with Crippen LogP contribution in [0.15, 0.2) is 24.3 Å². The van der Waals surface area contributed by atoms with E-state index in [1.165, 1.54) is 6.92 Å². The van der Waals surface area contributed by atoms with Crippen molar-refractivity contribution in [3.8, 4) is 0 Å². The fraction of sp³-hybridized carbons (Fsp3) is 0.385. The Morgan fingerprint density at radius 2 is 1.75 bits per heavy atom. The standard InChI is InChI=1S/C13H17NO2/c1-9(2)13(16)14-8-11-4-6-12(7-5-11)10(3)15/h4-7,9H,8H2,1-3H3,(H,14,16). The van der Waals surface area contributed by atoms with Crippen molar-refractivity contribution in [2.24, 2.45) is 5.92 Å². The van der Waals surface area contributed by atoms with E-state index in [0.717, 1.165) is 5.56 Å². The largest absolute Gasteiger partial charge is 0.352 e. The minimum Gasteiger partial charge on any atom is -0.352 e. The molecule has 3 nitrogen and oxygen atoms in total. The van der Waals surface area contributed by atoms with Crippen LogP contribution in [0, 0.1) is 5.92 Å². The lowest BCUT2D eigenvalue weighted by atomic mass is 10.1. The zero-order valence-electron chi connectivity index (χ0n) is 9.91. The van der Waals surface area contributed by atoms with Crippen LogP contribution in [0.2, 0.25) is 0 Å². The van der Waals surface area contributed by atoms with Crippen molar-refractivity contribution >= 4 is 11.7 Å². The van der Waals surface area contributed by atoms with Crippen LogP contribution in [0.4, 0.5) is 0 Å². The molecule has 0 saturated carbocycles. The average Bonchev–Trinajstić information content (AvgIpc) is 2.26. The molecule has 3 heteroatoms. The molecule has 1 amide bonds. The van der Waals surface area contributed by atoms with Gasteiger partial charge in [0.15, 0.2) is 5.78 Å². The van der Waals surface area contributed by atoms with E-state index >= 15 is 0 Å². The highest BCUT2D eigenvalue weighted by molar-refractivity contribution is 5.94. The second kappa shape index (κ2) is 5.45. The first kappa shape index (κ1) is 12.4. The number of Topliss-reactive ketones (excluding diaryl/α,β-unsaturated/α-hetero) is 1. The van der Waals surface area contributed by atoms with E-state index in [4.69, 9.17) is 0 Å². The Hall–Kier alpha value is -1.64. The Morgan fingerprint density at radius 3 is 2.19 bits per heavy atom. The summed E-state index contributed by atoms with van der Waals surface area (Å²) in [7, 11) is 0. The number of hydrogen-bond donors (Lipinski definition) is 1. The molecule has 0 aliphatic carbocycles. The summed E-state index contributed by atoms with van der Waals surface area (Å²) in [6.07, 6.45) is 0. The molecule has 0 aliphatic rings. The Labute approximate surface area is 95.9 Å². The molecule has 0 aliphatic heterocycles. The Balaban J connectivity index is 2.56. The molecule has 1 aromatic rings. The van der Waals surface area contributed by atoms with Crippen molar-refractivity contribution in [3.63, 3.8) is 0 Å². The van der Waals surface area contributed by atoms with E-state index < -0.39 is 0 Å². The van der Waals surface area contributed by atoms with Crippen molar-refractivity contribution in [1.29, 1.82) is 0 Å². The van der Waals surface area contributed by atoms with E-state index in [9.17, 15) is 9.59 Å².